The Morgan fingerprint density at radius 1 is 1.23 bits per heavy atom. The van der Waals surface area contributed by atoms with E-state index in [0.29, 0.717) is 18.0 Å². The maximum atomic E-state index is 12.8. The van der Waals surface area contributed by atoms with Gasteiger partial charge >= 0.3 is 0 Å². The zero-order valence-corrected chi connectivity index (χ0v) is 14.8. The highest BCUT2D eigenvalue weighted by molar-refractivity contribution is 7.89. The number of nitrogens with zero attached hydrogens (tertiary/aromatic N) is 1. The predicted molar refractivity (Wildman–Crippen MR) is 92.9 cm³/mol. The molecule has 22 heavy (non-hydrogen) atoms. The Balaban J connectivity index is 0.00000242. The minimum absolute atomic E-state index is 0. The highest BCUT2D eigenvalue weighted by atomic mass is 35.5. The molecule has 1 saturated heterocycles. The molecule has 126 valence electrons. The zero-order valence-electron chi connectivity index (χ0n) is 13.2. The van der Waals surface area contributed by atoms with Gasteiger partial charge in [0.05, 0.1) is 4.90 Å². The molecule has 1 aliphatic rings. The van der Waals surface area contributed by atoms with Crippen molar-refractivity contribution in [3.8, 4) is 0 Å². The van der Waals surface area contributed by atoms with Crippen molar-refractivity contribution in [1.29, 1.82) is 0 Å². The van der Waals surface area contributed by atoms with Gasteiger partial charge in [0.1, 0.15) is 0 Å². The molecule has 0 spiro atoms. The van der Waals surface area contributed by atoms with Crippen LogP contribution in [0.25, 0.3) is 0 Å². The van der Waals surface area contributed by atoms with Crippen LogP contribution in [0.4, 0.5) is 0 Å². The van der Waals surface area contributed by atoms with E-state index in [-0.39, 0.29) is 18.4 Å². The largest absolute Gasteiger partial charge is 0.330 e. The predicted octanol–water partition coefficient (Wildman–Crippen LogP) is 2.95. The van der Waals surface area contributed by atoms with Crippen molar-refractivity contribution in [3.63, 3.8) is 0 Å². The van der Waals surface area contributed by atoms with Crippen LogP contribution in [0.1, 0.15) is 44.6 Å². The molecule has 1 unspecified atom stereocenters. The lowest BCUT2D eigenvalue weighted by Gasteiger charge is -2.34. The molecule has 2 rings (SSSR count). The second kappa shape index (κ2) is 8.87. The van der Waals surface area contributed by atoms with E-state index in [1.807, 2.05) is 12.1 Å². The van der Waals surface area contributed by atoms with E-state index in [4.69, 9.17) is 5.73 Å². The van der Waals surface area contributed by atoms with E-state index in [1.54, 1.807) is 16.4 Å². The summed E-state index contributed by atoms with van der Waals surface area (Å²) in [6.07, 6.45) is 5.74. The highest BCUT2D eigenvalue weighted by Crippen LogP contribution is 2.27. The van der Waals surface area contributed by atoms with Gasteiger partial charge in [0.25, 0.3) is 0 Å². The van der Waals surface area contributed by atoms with Crippen molar-refractivity contribution >= 4 is 22.4 Å². The third-order valence-corrected chi connectivity index (χ3v) is 6.11. The molecule has 0 aliphatic carbocycles. The molecular weight excluding hydrogens is 320 g/mol. The van der Waals surface area contributed by atoms with Crippen LogP contribution in [0, 0.1) is 0 Å². The third-order valence-electron chi connectivity index (χ3n) is 4.14. The monoisotopic (exact) mass is 346 g/mol. The van der Waals surface area contributed by atoms with Gasteiger partial charge < -0.3 is 5.73 Å². The summed E-state index contributed by atoms with van der Waals surface area (Å²) in [4.78, 5) is 0.409. The van der Waals surface area contributed by atoms with Crippen LogP contribution in [0.3, 0.4) is 0 Å². The summed E-state index contributed by atoms with van der Waals surface area (Å²) in [6.45, 7) is 3.27. The number of nitrogens with two attached hydrogens (primary N) is 1. The van der Waals surface area contributed by atoms with E-state index in [0.717, 1.165) is 38.5 Å². The molecule has 0 aromatic heterocycles. The molecule has 0 radical (unpaired) electrons. The number of rotatable bonds is 6. The zero-order chi connectivity index (χ0) is 15.3. The minimum atomic E-state index is -3.39. The molecular formula is C16H27ClN2O2S. The van der Waals surface area contributed by atoms with Crippen LogP contribution < -0.4 is 5.73 Å². The van der Waals surface area contributed by atoms with Gasteiger partial charge in [-0.2, -0.15) is 4.31 Å². The smallest absolute Gasteiger partial charge is 0.243 e. The van der Waals surface area contributed by atoms with Crippen molar-refractivity contribution in [2.24, 2.45) is 5.73 Å². The van der Waals surface area contributed by atoms with Gasteiger partial charge in [-0.25, -0.2) is 8.42 Å². The Morgan fingerprint density at radius 3 is 2.50 bits per heavy atom. The first-order valence-electron chi connectivity index (χ1n) is 7.90. The SMILES string of the molecule is CCCc1ccc(S(=O)(=O)N2CCCCC2CCN)cc1.Cl. The van der Waals surface area contributed by atoms with Crippen LogP contribution in [0.15, 0.2) is 29.2 Å². The topological polar surface area (TPSA) is 63.4 Å². The molecule has 4 nitrogen and oxygen atoms in total. The summed E-state index contributed by atoms with van der Waals surface area (Å²) in [7, 11) is -3.39. The fourth-order valence-corrected chi connectivity index (χ4v) is 4.75. The van der Waals surface area contributed by atoms with Crippen molar-refractivity contribution in [1.82, 2.24) is 4.31 Å². The summed E-state index contributed by atoms with van der Waals surface area (Å²) >= 11 is 0. The first kappa shape index (κ1) is 19.4. The maximum absolute atomic E-state index is 12.8. The van der Waals surface area contributed by atoms with E-state index in [9.17, 15) is 8.42 Å². The average molecular weight is 347 g/mol. The fraction of sp³-hybridized carbons (Fsp3) is 0.625. The minimum Gasteiger partial charge on any atom is -0.330 e. The molecule has 2 N–H and O–H groups in total. The molecule has 1 fully saturated rings. The van der Waals surface area contributed by atoms with Crippen LogP contribution in [0.2, 0.25) is 0 Å². The first-order chi connectivity index (χ1) is 10.1. The summed E-state index contributed by atoms with van der Waals surface area (Å²) < 4.78 is 27.3. The Bertz CT molecular complexity index is 544. The molecule has 1 aromatic rings. The van der Waals surface area contributed by atoms with E-state index in [2.05, 4.69) is 6.92 Å². The maximum Gasteiger partial charge on any atom is 0.243 e. The van der Waals surface area contributed by atoms with Crippen molar-refractivity contribution in [2.75, 3.05) is 13.1 Å². The number of sulfonamides is 1. The molecule has 0 saturated carbocycles. The average Bonchev–Trinajstić information content (AvgIpc) is 2.49. The number of hydrogen-bond donors (Lipinski definition) is 1. The summed E-state index contributed by atoms with van der Waals surface area (Å²) in [5.41, 5.74) is 6.82. The van der Waals surface area contributed by atoms with Crippen LogP contribution in [0.5, 0.6) is 0 Å². The van der Waals surface area contributed by atoms with Crippen molar-refractivity contribution < 1.29 is 8.42 Å². The molecule has 1 aliphatic heterocycles. The number of halogens is 1. The summed E-state index contributed by atoms with van der Waals surface area (Å²) in [5, 5.41) is 0. The second-order valence-corrected chi connectivity index (χ2v) is 7.63. The lowest BCUT2D eigenvalue weighted by Crippen LogP contribution is -2.44. The van der Waals surface area contributed by atoms with E-state index >= 15 is 0 Å². The number of hydrogen-bond acceptors (Lipinski definition) is 3. The molecule has 6 heteroatoms. The molecule has 0 bridgehead atoms. The van der Waals surface area contributed by atoms with Gasteiger partial charge in [-0.3, -0.25) is 0 Å². The molecule has 1 aromatic carbocycles. The number of benzene rings is 1. The Hall–Kier alpha value is -0.620. The lowest BCUT2D eigenvalue weighted by molar-refractivity contribution is 0.243. The van der Waals surface area contributed by atoms with Gasteiger partial charge in [0, 0.05) is 12.6 Å². The third kappa shape index (κ3) is 4.44. The quantitative estimate of drug-likeness (QED) is 0.861. The summed E-state index contributed by atoms with van der Waals surface area (Å²) in [5.74, 6) is 0. The Labute approximate surface area is 140 Å². The highest BCUT2D eigenvalue weighted by Gasteiger charge is 2.32. The van der Waals surface area contributed by atoms with Crippen molar-refractivity contribution in [3.05, 3.63) is 29.8 Å². The van der Waals surface area contributed by atoms with Gasteiger partial charge in [-0.15, -0.1) is 12.4 Å². The normalized spacial score (nSPS) is 19.6. The Morgan fingerprint density at radius 2 is 1.91 bits per heavy atom. The Kier molecular flexibility index (Phi) is 7.83. The standard InChI is InChI=1S/C16H26N2O2S.ClH/c1-2-5-14-7-9-16(10-8-14)21(19,20)18-13-4-3-6-15(18)11-12-17;/h7-10,15H,2-6,11-13,17H2,1H3;1H. The lowest BCUT2D eigenvalue weighted by atomic mass is 10.0. The van der Waals surface area contributed by atoms with Crippen molar-refractivity contribution in [2.45, 2.75) is 56.4 Å². The van der Waals surface area contributed by atoms with Crippen LogP contribution in [-0.4, -0.2) is 31.9 Å². The fourth-order valence-electron chi connectivity index (χ4n) is 3.02. The molecule has 0 amide bonds. The molecule has 1 heterocycles. The van der Waals surface area contributed by atoms with Gasteiger partial charge in [-0.05, 0) is 49.9 Å². The number of aryl methyl sites for hydroxylation is 1. The van der Waals surface area contributed by atoms with Gasteiger partial charge in [0.15, 0.2) is 0 Å². The molecule has 1 atom stereocenters. The number of piperidine rings is 1. The van der Waals surface area contributed by atoms with Gasteiger partial charge in [0.2, 0.25) is 10.0 Å². The second-order valence-electron chi connectivity index (χ2n) is 5.74. The summed E-state index contributed by atoms with van der Waals surface area (Å²) in [6, 6.07) is 7.41. The van der Waals surface area contributed by atoms with Gasteiger partial charge in [-0.1, -0.05) is 31.9 Å². The van der Waals surface area contributed by atoms with Crippen LogP contribution >= 0.6 is 12.4 Å². The van der Waals surface area contributed by atoms with E-state index in [1.165, 1.54) is 5.56 Å². The van der Waals surface area contributed by atoms with Crippen LogP contribution in [-0.2, 0) is 16.4 Å². The van der Waals surface area contributed by atoms with E-state index < -0.39 is 10.0 Å². The first-order valence-corrected chi connectivity index (χ1v) is 9.34.